The van der Waals surface area contributed by atoms with Gasteiger partial charge >= 0.3 is 0 Å². The summed E-state index contributed by atoms with van der Waals surface area (Å²) in [7, 11) is 3.58. The van der Waals surface area contributed by atoms with E-state index in [1.165, 1.54) is 25.7 Å². The molecule has 1 fully saturated rings. The van der Waals surface area contributed by atoms with Crippen molar-refractivity contribution in [3.8, 4) is 0 Å². The van der Waals surface area contributed by atoms with E-state index >= 15 is 0 Å². The lowest BCUT2D eigenvalue weighted by Gasteiger charge is -2.38. The van der Waals surface area contributed by atoms with Gasteiger partial charge < -0.3 is 9.47 Å². The first-order valence-electron chi connectivity index (χ1n) is 5.20. The van der Waals surface area contributed by atoms with Gasteiger partial charge in [-0.05, 0) is 18.8 Å². The normalized spacial score (nSPS) is 27.5. The van der Waals surface area contributed by atoms with Gasteiger partial charge in [0.2, 0.25) is 0 Å². The number of hydrogen-bond acceptors (Lipinski definition) is 2. The van der Waals surface area contributed by atoms with Crippen LogP contribution in [0.3, 0.4) is 0 Å². The largest absolute Gasteiger partial charge is 0.384 e. The van der Waals surface area contributed by atoms with Gasteiger partial charge in [-0.3, -0.25) is 0 Å². The Balaban J connectivity index is 2.53. The molecule has 2 heteroatoms. The highest BCUT2D eigenvalue weighted by Crippen LogP contribution is 2.39. The van der Waals surface area contributed by atoms with E-state index in [1.807, 2.05) is 0 Å². The summed E-state index contributed by atoms with van der Waals surface area (Å²) in [5, 5.41) is 0. The average Bonchev–Trinajstić information content (AvgIpc) is 2.04. The molecule has 0 heterocycles. The first-order valence-corrected chi connectivity index (χ1v) is 5.20. The van der Waals surface area contributed by atoms with Crippen LogP contribution in [0.5, 0.6) is 0 Å². The van der Waals surface area contributed by atoms with E-state index in [9.17, 15) is 0 Å². The lowest BCUT2D eigenvalue weighted by molar-refractivity contribution is -0.0254. The molecule has 0 amide bonds. The summed E-state index contributed by atoms with van der Waals surface area (Å²) in [6, 6.07) is 0. The average molecular weight is 186 g/mol. The first-order chi connectivity index (χ1) is 6.22. The second-order valence-corrected chi connectivity index (χ2v) is 4.57. The minimum atomic E-state index is 0.307. The summed E-state index contributed by atoms with van der Waals surface area (Å²) >= 11 is 0. The molecule has 0 bridgehead atoms. The summed E-state index contributed by atoms with van der Waals surface area (Å²) in [6.45, 7) is 4.04. The highest BCUT2D eigenvalue weighted by atomic mass is 16.5. The predicted molar refractivity (Wildman–Crippen MR) is 53.8 cm³/mol. The maximum Gasteiger partial charge on any atom is 0.0540 e. The van der Waals surface area contributed by atoms with Gasteiger partial charge in [0, 0.05) is 19.6 Å². The molecule has 0 N–H and O–H groups in total. The van der Waals surface area contributed by atoms with Crippen molar-refractivity contribution in [2.75, 3.05) is 27.4 Å². The summed E-state index contributed by atoms with van der Waals surface area (Å²) in [4.78, 5) is 0. The maximum atomic E-state index is 5.31. The molecule has 0 spiro atoms. The van der Waals surface area contributed by atoms with Crippen molar-refractivity contribution >= 4 is 0 Å². The summed E-state index contributed by atoms with van der Waals surface area (Å²) in [5.41, 5.74) is 0.307. The Morgan fingerprint density at radius 3 is 2.31 bits per heavy atom. The SMILES string of the molecule is COCC1(COC)CCC[C@H](C)C1. The van der Waals surface area contributed by atoms with E-state index in [0.29, 0.717) is 5.41 Å². The van der Waals surface area contributed by atoms with E-state index in [2.05, 4.69) is 6.92 Å². The molecule has 0 saturated heterocycles. The van der Waals surface area contributed by atoms with Crippen LogP contribution in [0.25, 0.3) is 0 Å². The van der Waals surface area contributed by atoms with Gasteiger partial charge in [-0.15, -0.1) is 0 Å². The molecular formula is C11H22O2. The Kier molecular flexibility index (Phi) is 4.20. The van der Waals surface area contributed by atoms with Crippen molar-refractivity contribution in [2.45, 2.75) is 32.6 Å². The standard InChI is InChI=1S/C11H22O2/c1-10-5-4-6-11(7-10,8-12-2)9-13-3/h10H,4-9H2,1-3H3/t10-/m0/s1. The Hall–Kier alpha value is -0.0800. The molecule has 0 aliphatic heterocycles. The topological polar surface area (TPSA) is 18.5 Å². The van der Waals surface area contributed by atoms with Crippen molar-refractivity contribution < 1.29 is 9.47 Å². The van der Waals surface area contributed by atoms with Gasteiger partial charge in [0.1, 0.15) is 0 Å². The molecule has 13 heavy (non-hydrogen) atoms. The predicted octanol–water partition coefficient (Wildman–Crippen LogP) is 2.48. The minimum absolute atomic E-state index is 0.307. The van der Waals surface area contributed by atoms with E-state index in [0.717, 1.165) is 19.1 Å². The van der Waals surface area contributed by atoms with Crippen LogP contribution in [0, 0.1) is 11.3 Å². The highest BCUT2D eigenvalue weighted by molar-refractivity contribution is 4.85. The summed E-state index contributed by atoms with van der Waals surface area (Å²) in [5.74, 6) is 0.832. The third-order valence-corrected chi connectivity index (χ3v) is 3.09. The van der Waals surface area contributed by atoms with Crippen LogP contribution in [-0.2, 0) is 9.47 Å². The molecular weight excluding hydrogens is 164 g/mol. The van der Waals surface area contributed by atoms with Crippen molar-refractivity contribution in [3.05, 3.63) is 0 Å². The van der Waals surface area contributed by atoms with Crippen molar-refractivity contribution in [2.24, 2.45) is 11.3 Å². The maximum absolute atomic E-state index is 5.31. The monoisotopic (exact) mass is 186 g/mol. The van der Waals surface area contributed by atoms with Crippen LogP contribution in [-0.4, -0.2) is 27.4 Å². The molecule has 78 valence electrons. The third kappa shape index (κ3) is 2.96. The second kappa shape index (κ2) is 4.97. The molecule has 2 nitrogen and oxygen atoms in total. The van der Waals surface area contributed by atoms with Crippen molar-refractivity contribution in [3.63, 3.8) is 0 Å². The Labute approximate surface area is 81.6 Å². The van der Waals surface area contributed by atoms with Crippen LogP contribution in [0.4, 0.5) is 0 Å². The van der Waals surface area contributed by atoms with Crippen LogP contribution >= 0.6 is 0 Å². The molecule has 0 aromatic heterocycles. The second-order valence-electron chi connectivity index (χ2n) is 4.57. The quantitative estimate of drug-likeness (QED) is 0.671. The zero-order valence-corrected chi connectivity index (χ0v) is 9.14. The number of hydrogen-bond donors (Lipinski definition) is 0. The molecule has 1 saturated carbocycles. The van der Waals surface area contributed by atoms with Crippen LogP contribution < -0.4 is 0 Å². The highest BCUT2D eigenvalue weighted by Gasteiger charge is 2.34. The molecule has 0 radical (unpaired) electrons. The van der Waals surface area contributed by atoms with Crippen LogP contribution in [0.1, 0.15) is 32.6 Å². The minimum Gasteiger partial charge on any atom is -0.384 e. The van der Waals surface area contributed by atoms with E-state index < -0.39 is 0 Å². The lowest BCUT2D eigenvalue weighted by Crippen LogP contribution is -2.36. The molecule has 1 atom stereocenters. The lowest BCUT2D eigenvalue weighted by atomic mass is 9.71. The van der Waals surface area contributed by atoms with E-state index in [4.69, 9.17) is 9.47 Å². The Morgan fingerprint density at radius 2 is 1.85 bits per heavy atom. The van der Waals surface area contributed by atoms with Crippen LogP contribution in [0.15, 0.2) is 0 Å². The first kappa shape index (κ1) is 11.0. The fraction of sp³-hybridized carbons (Fsp3) is 1.00. The molecule has 1 aliphatic carbocycles. The third-order valence-electron chi connectivity index (χ3n) is 3.09. The smallest absolute Gasteiger partial charge is 0.0540 e. The van der Waals surface area contributed by atoms with Crippen molar-refractivity contribution in [1.82, 2.24) is 0 Å². The Bertz CT molecular complexity index is 134. The van der Waals surface area contributed by atoms with E-state index in [-0.39, 0.29) is 0 Å². The molecule has 1 aliphatic rings. The van der Waals surface area contributed by atoms with Crippen molar-refractivity contribution in [1.29, 1.82) is 0 Å². The summed E-state index contributed by atoms with van der Waals surface area (Å²) < 4.78 is 10.6. The van der Waals surface area contributed by atoms with E-state index in [1.54, 1.807) is 14.2 Å². The molecule has 0 aromatic carbocycles. The fourth-order valence-electron chi connectivity index (χ4n) is 2.69. The Morgan fingerprint density at radius 1 is 1.23 bits per heavy atom. The number of rotatable bonds is 4. The molecule has 0 aromatic rings. The van der Waals surface area contributed by atoms with Gasteiger partial charge in [0.05, 0.1) is 13.2 Å². The van der Waals surface area contributed by atoms with Gasteiger partial charge in [-0.2, -0.15) is 0 Å². The zero-order chi connectivity index (χ0) is 9.73. The van der Waals surface area contributed by atoms with Gasteiger partial charge in [0.25, 0.3) is 0 Å². The molecule has 1 rings (SSSR count). The number of methoxy groups -OCH3 is 2. The van der Waals surface area contributed by atoms with Crippen LogP contribution in [0.2, 0.25) is 0 Å². The zero-order valence-electron chi connectivity index (χ0n) is 9.14. The van der Waals surface area contributed by atoms with Gasteiger partial charge in [-0.25, -0.2) is 0 Å². The van der Waals surface area contributed by atoms with Gasteiger partial charge in [-0.1, -0.05) is 19.8 Å². The summed E-state index contributed by atoms with van der Waals surface area (Å²) in [6.07, 6.45) is 5.22. The van der Waals surface area contributed by atoms with Gasteiger partial charge in [0.15, 0.2) is 0 Å². The molecule has 0 unspecified atom stereocenters. The fourth-order valence-corrected chi connectivity index (χ4v) is 2.69. The number of ether oxygens (including phenoxy) is 2.